The number of benzene rings is 1. The number of anilines is 1. The first-order chi connectivity index (χ1) is 13.3. The fraction of sp³-hybridized carbons (Fsp3) is 0.350. The van der Waals surface area contributed by atoms with E-state index in [-0.39, 0.29) is 0 Å². The van der Waals surface area contributed by atoms with Gasteiger partial charge in [-0.25, -0.2) is 15.0 Å². The van der Waals surface area contributed by atoms with Crippen LogP contribution in [-0.4, -0.2) is 52.6 Å². The number of rotatable bonds is 6. The van der Waals surface area contributed by atoms with E-state index in [2.05, 4.69) is 37.3 Å². The second-order valence-electron chi connectivity index (χ2n) is 6.41. The quantitative estimate of drug-likeness (QED) is 0.653. The molecule has 0 bridgehead atoms. The Labute approximate surface area is 163 Å². The smallest absolute Gasteiger partial charge is 0.225 e. The molecule has 0 aliphatic carbocycles. The van der Waals surface area contributed by atoms with Crippen LogP contribution in [0.5, 0.6) is 5.75 Å². The van der Waals surface area contributed by atoms with Crippen LogP contribution in [0.15, 0.2) is 48.1 Å². The Morgan fingerprint density at radius 1 is 1.04 bits per heavy atom. The molecular weight excluding hydrogens is 358 g/mol. The molecule has 6 nitrogen and oxygen atoms in total. The second-order valence-corrected chi connectivity index (χ2v) is 7.27. The zero-order chi connectivity index (χ0) is 18.5. The normalized spacial score (nSPS) is 15.1. The van der Waals surface area contributed by atoms with Gasteiger partial charge in [-0.15, -0.1) is 11.3 Å². The lowest BCUT2D eigenvalue weighted by Crippen LogP contribution is -2.46. The van der Waals surface area contributed by atoms with Crippen molar-refractivity contribution in [3.8, 4) is 16.3 Å². The van der Waals surface area contributed by atoms with Crippen molar-refractivity contribution < 1.29 is 4.74 Å². The van der Waals surface area contributed by atoms with Crippen LogP contribution in [-0.2, 0) is 6.54 Å². The number of aromatic nitrogens is 3. The van der Waals surface area contributed by atoms with Crippen LogP contribution < -0.4 is 9.64 Å². The van der Waals surface area contributed by atoms with Crippen molar-refractivity contribution in [1.29, 1.82) is 0 Å². The van der Waals surface area contributed by atoms with Gasteiger partial charge in [0.2, 0.25) is 5.95 Å². The highest BCUT2D eigenvalue weighted by Crippen LogP contribution is 2.26. The Hall–Kier alpha value is -2.51. The summed E-state index contributed by atoms with van der Waals surface area (Å²) in [7, 11) is 0. The van der Waals surface area contributed by atoms with E-state index in [0.717, 1.165) is 60.7 Å². The number of thiazole rings is 1. The van der Waals surface area contributed by atoms with Crippen molar-refractivity contribution in [2.45, 2.75) is 13.5 Å². The summed E-state index contributed by atoms with van der Waals surface area (Å²) in [6.45, 7) is 7.44. The number of piperazine rings is 1. The Kier molecular flexibility index (Phi) is 5.60. The Balaban J connectivity index is 1.33. The minimum absolute atomic E-state index is 0.685. The molecule has 0 atom stereocenters. The van der Waals surface area contributed by atoms with Crippen molar-refractivity contribution in [3.05, 3.63) is 53.8 Å². The predicted molar refractivity (Wildman–Crippen MR) is 108 cm³/mol. The maximum Gasteiger partial charge on any atom is 0.225 e. The summed E-state index contributed by atoms with van der Waals surface area (Å²) in [5, 5.41) is 3.22. The Morgan fingerprint density at radius 2 is 1.78 bits per heavy atom. The lowest BCUT2D eigenvalue weighted by Gasteiger charge is -2.34. The molecule has 1 saturated heterocycles. The van der Waals surface area contributed by atoms with Gasteiger partial charge in [0.1, 0.15) is 10.8 Å². The molecule has 0 radical (unpaired) electrons. The second kappa shape index (κ2) is 8.45. The summed E-state index contributed by atoms with van der Waals surface area (Å²) in [6, 6.07) is 10.0. The molecule has 27 heavy (non-hydrogen) atoms. The van der Waals surface area contributed by atoms with Crippen molar-refractivity contribution >= 4 is 17.3 Å². The molecule has 3 heterocycles. The van der Waals surface area contributed by atoms with Crippen LogP contribution >= 0.6 is 11.3 Å². The van der Waals surface area contributed by atoms with E-state index in [1.54, 1.807) is 23.7 Å². The molecule has 4 rings (SSSR count). The number of nitrogens with zero attached hydrogens (tertiary/aromatic N) is 5. The van der Waals surface area contributed by atoms with E-state index in [9.17, 15) is 0 Å². The third-order valence-corrected chi connectivity index (χ3v) is 5.50. The summed E-state index contributed by atoms with van der Waals surface area (Å²) in [4.78, 5) is 18.2. The average Bonchev–Trinajstić information content (AvgIpc) is 3.18. The van der Waals surface area contributed by atoms with E-state index in [1.165, 1.54) is 0 Å². The standard InChI is InChI=1S/C20H23N5OS/c1-2-26-18-6-4-16(5-7-18)19-23-17(15-27-19)14-24-10-12-25(13-11-24)20-21-8-3-9-22-20/h3-9,15H,2,10-14H2,1H3. The SMILES string of the molecule is CCOc1ccc(-c2nc(CN3CCN(c4ncccn4)CC3)cs2)cc1. The van der Waals surface area contributed by atoms with Gasteiger partial charge in [0, 0.05) is 56.1 Å². The molecule has 3 aromatic rings. The zero-order valence-electron chi connectivity index (χ0n) is 15.4. The highest BCUT2D eigenvalue weighted by molar-refractivity contribution is 7.13. The summed E-state index contributed by atoms with van der Waals surface area (Å²) >= 11 is 1.70. The molecule has 1 fully saturated rings. The molecule has 1 aliphatic rings. The largest absolute Gasteiger partial charge is 0.494 e. The predicted octanol–water partition coefficient (Wildman–Crippen LogP) is 3.32. The highest BCUT2D eigenvalue weighted by atomic mass is 32.1. The summed E-state index contributed by atoms with van der Waals surface area (Å²) in [5.74, 6) is 1.72. The van der Waals surface area contributed by atoms with Crippen molar-refractivity contribution in [3.63, 3.8) is 0 Å². The van der Waals surface area contributed by atoms with E-state index in [0.29, 0.717) is 6.61 Å². The van der Waals surface area contributed by atoms with Crippen LogP contribution in [0, 0.1) is 0 Å². The summed E-state index contributed by atoms with van der Waals surface area (Å²) < 4.78 is 5.51. The minimum atomic E-state index is 0.685. The number of hydrogen-bond acceptors (Lipinski definition) is 7. The molecule has 7 heteroatoms. The van der Waals surface area contributed by atoms with Crippen LogP contribution in [0.2, 0.25) is 0 Å². The fourth-order valence-corrected chi connectivity index (χ4v) is 3.98. The van der Waals surface area contributed by atoms with E-state index < -0.39 is 0 Å². The van der Waals surface area contributed by atoms with E-state index >= 15 is 0 Å². The average molecular weight is 382 g/mol. The first kappa shape index (κ1) is 17.9. The van der Waals surface area contributed by atoms with Gasteiger partial charge < -0.3 is 9.64 Å². The van der Waals surface area contributed by atoms with Crippen LogP contribution in [0.4, 0.5) is 5.95 Å². The molecule has 0 unspecified atom stereocenters. The van der Waals surface area contributed by atoms with Crippen molar-refractivity contribution in [2.75, 3.05) is 37.7 Å². The van der Waals surface area contributed by atoms with E-state index in [4.69, 9.17) is 9.72 Å². The number of hydrogen-bond donors (Lipinski definition) is 0. The van der Waals surface area contributed by atoms with Gasteiger partial charge in [0.25, 0.3) is 0 Å². The lowest BCUT2D eigenvalue weighted by molar-refractivity contribution is 0.246. The molecule has 2 aromatic heterocycles. The summed E-state index contributed by atoms with van der Waals surface area (Å²) in [6.07, 6.45) is 3.60. The third kappa shape index (κ3) is 4.43. The van der Waals surface area contributed by atoms with Crippen molar-refractivity contribution in [1.82, 2.24) is 19.9 Å². The summed E-state index contributed by atoms with van der Waals surface area (Å²) in [5.41, 5.74) is 2.27. The highest BCUT2D eigenvalue weighted by Gasteiger charge is 2.19. The lowest BCUT2D eigenvalue weighted by atomic mass is 10.2. The maximum absolute atomic E-state index is 5.51. The van der Waals surface area contributed by atoms with Gasteiger partial charge >= 0.3 is 0 Å². The molecule has 1 aromatic carbocycles. The van der Waals surface area contributed by atoms with Gasteiger partial charge in [-0.05, 0) is 37.3 Å². The molecule has 1 aliphatic heterocycles. The molecular formula is C20H23N5OS. The first-order valence-electron chi connectivity index (χ1n) is 9.24. The molecule has 140 valence electrons. The molecule has 0 spiro atoms. The van der Waals surface area contributed by atoms with Crippen LogP contribution in [0.25, 0.3) is 10.6 Å². The topological polar surface area (TPSA) is 54.4 Å². The van der Waals surface area contributed by atoms with Crippen molar-refractivity contribution in [2.24, 2.45) is 0 Å². The fourth-order valence-electron chi connectivity index (χ4n) is 3.16. The monoisotopic (exact) mass is 381 g/mol. The first-order valence-corrected chi connectivity index (χ1v) is 10.1. The minimum Gasteiger partial charge on any atom is -0.494 e. The van der Waals surface area contributed by atoms with Gasteiger partial charge in [0.15, 0.2) is 0 Å². The number of ether oxygens (including phenoxy) is 1. The van der Waals surface area contributed by atoms with Gasteiger partial charge in [0.05, 0.1) is 12.3 Å². The van der Waals surface area contributed by atoms with Crippen LogP contribution in [0.3, 0.4) is 0 Å². The van der Waals surface area contributed by atoms with Gasteiger partial charge in [-0.1, -0.05) is 0 Å². The molecule has 0 saturated carbocycles. The van der Waals surface area contributed by atoms with Gasteiger partial charge in [-0.3, -0.25) is 4.90 Å². The molecule has 0 amide bonds. The Bertz CT molecular complexity index is 844. The van der Waals surface area contributed by atoms with Gasteiger partial charge in [-0.2, -0.15) is 0 Å². The third-order valence-electron chi connectivity index (χ3n) is 4.56. The Morgan fingerprint density at radius 3 is 2.48 bits per heavy atom. The molecule has 0 N–H and O–H groups in total. The maximum atomic E-state index is 5.51. The van der Waals surface area contributed by atoms with Crippen LogP contribution in [0.1, 0.15) is 12.6 Å². The van der Waals surface area contributed by atoms with E-state index in [1.807, 2.05) is 25.1 Å². The zero-order valence-corrected chi connectivity index (χ0v) is 16.2.